The maximum atomic E-state index is 12.9. The van der Waals surface area contributed by atoms with Gasteiger partial charge in [-0.1, -0.05) is 0 Å². The van der Waals surface area contributed by atoms with Gasteiger partial charge in [0.1, 0.15) is 5.82 Å². The van der Waals surface area contributed by atoms with Crippen molar-refractivity contribution in [2.45, 2.75) is 11.3 Å². The molecule has 0 aliphatic carbocycles. The number of nitrogens with one attached hydrogen (secondary N) is 2. The summed E-state index contributed by atoms with van der Waals surface area (Å²) >= 11 is 0. The zero-order valence-corrected chi connectivity index (χ0v) is 15.7. The van der Waals surface area contributed by atoms with Crippen LogP contribution in [0.5, 0.6) is 0 Å². The quantitative estimate of drug-likeness (QED) is 0.686. The van der Waals surface area contributed by atoms with Gasteiger partial charge >= 0.3 is 0 Å². The van der Waals surface area contributed by atoms with Gasteiger partial charge in [0.15, 0.2) is 0 Å². The number of sulfonamides is 1. The number of anilines is 3. The summed E-state index contributed by atoms with van der Waals surface area (Å²) < 4.78 is 40.4. The molecule has 0 saturated carbocycles. The standard InChI is InChI=1S/C17H21FN4O2S.ClH/c18-13-2-4-14(5-3-13)21-25(23,24)15-6-7-17(16(19)12-15)22-10-1-8-20-9-11-22;/h2-7,12,20-21H,1,8-11,19H2;1H. The third-order valence-corrected chi connectivity index (χ3v) is 5.47. The second-order valence-corrected chi connectivity index (χ2v) is 7.61. The molecule has 142 valence electrons. The van der Waals surface area contributed by atoms with E-state index in [2.05, 4.69) is 14.9 Å². The Balaban J connectivity index is 0.00000243. The van der Waals surface area contributed by atoms with E-state index in [0.29, 0.717) is 11.4 Å². The smallest absolute Gasteiger partial charge is 0.261 e. The molecule has 0 spiro atoms. The Kier molecular flexibility index (Phi) is 6.69. The van der Waals surface area contributed by atoms with E-state index in [-0.39, 0.29) is 17.3 Å². The molecule has 1 heterocycles. The van der Waals surface area contributed by atoms with E-state index in [1.165, 1.54) is 36.4 Å². The molecule has 0 atom stereocenters. The van der Waals surface area contributed by atoms with Crippen LogP contribution < -0.4 is 20.7 Å². The second kappa shape index (κ2) is 8.57. The summed E-state index contributed by atoms with van der Waals surface area (Å²) in [6, 6.07) is 9.87. The molecule has 0 amide bonds. The number of nitrogens with zero attached hydrogens (tertiary/aromatic N) is 1. The largest absolute Gasteiger partial charge is 0.397 e. The molecule has 6 nitrogen and oxygen atoms in total. The summed E-state index contributed by atoms with van der Waals surface area (Å²) in [4.78, 5) is 2.23. The third-order valence-electron chi connectivity index (χ3n) is 4.09. The van der Waals surface area contributed by atoms with Gasteiger partial charge in [-0.3, -0.25) is 4.72 Å². The Morgan fingerprint density at radius 3 is 2.50 bits per heavy atom. The SMILES string of the molecule is Cl.Nc1cc(S(=O)(=O)Nc2ccc(F)cc2)ccc1N1CCCNCC1. The minimum Gasteiger partial charge on any atom is -0.397 e. The van der Waals surface area contributed by atoms with Gasteiger partial charge in [-0.25, -0.2) is 12.8 Å². The van der Waals surface area contributed by atoms with Gasteiger partial charge < -0.3 is 16.0 Å². The molecule has 9 heteroatoms. The predicted molar refractivity (Wildman–Crippen MR) is 105 cm³/mol. The summed E-state index contributed by atoms with van der Waals surface area (Å²) in [7, 11) is -3.79. The maximum absolute atomic E-state index is 12.9. The fourth-order valence-electron chi connectivity index (χ4n) is 2.81. The van der Waals surface area contributed by atoms with Crippen molar-refractivity contribution in [2.24, 2.45) is 0 Å². The Hall–Kier alpha value is -2.03. The lowest BCUT2D eigenvalue weighted by atomic mass is 10.2. The molecule has 0 aromatic heterocycles. The highest BCUT2D eigenvalue weighted by molar-refractivity contribution is 7.92. The highest BCUT2D eigenvalue weighted by atomic mass is 35.5. The highest BCUT2D eigenvalue weighted by Gasteiger charge is 2.18. The zero-order chi connectivity index (χ0) is 17.9. The van der Waals surface area contributed by atoms with E-state index in [0.717, 1.165) is 38.3 Å². The summed E-state index contributed by atoms with van der Waals surface area (Å²) in [6.45, 7) is 3.53. The first-order chi connectivity index (χ1) is 12.0. The maximum Gasteiger partial charge on any atom is 0.261 e. The molecule has 3 rings (SSSR count). The van der Waals surface area contributed by atoms with Crippen LogP contribution in [0.25, 0.3) is 0 Å². The Bertz CT molecular complexity index is 838. The Morgan fingerprint density at radius 2 is 1.81 bits per heavy atom. The van der Waals surface area contributed by atoms with E-state index in [4.69, 9.17) is 5.73 Å². The Morgan fingerprint density at radius 1 is 1.08 bits per heavy atom. The topological polar surface area (TPSA) is 87.5 Å². The first-order valence-electron chi connectivity index (χ1n) is 8.09. The van der Waals surface area contributed by atoms with Crippen LogP contribution in [0.15, 0.2) is 47.4 Å². The van der Waals surface area contributed by atoms with Crippen LogP contribution >= 0.6 is 12.4 Å². The van der Waals surface area contributed by atoms with Crippen LogP contribution in [0.4, 0.5) is 21.5 Å². The van der Waals surface area contributed by atoms with Crippen LogP contribution in [-0.4, -0.2) is 34.6 Å². The highest BCUT2D eigenvalue weighted by Crippen LogP contribution is 2.27. The minimum absolute atomic E-state index is 0. The zero-order valence-electron chi connectivity index (χ0n) is 14.1. The van der Waals surface area contributed by atoms with Crippen LogP contribution in [0.2, 0.25) is 0 Å². The summed E-state index contributed by atoms with van der Waals surface area (Å²) in [6.07, 6.45) is 1.01. The first kappa shape index (κ1) is 20.3. The molecule has 0 radical (unpaired) electrons. The van der Waals surface area contributed by atoms with Gasteiger partial charge in [-0.05, 0) is 55.4 Å². The number of nitrogens with two attached hydrogens (primary N) is 1. The molecule has 1 aliphatic heterocycles. The van der Waals surface area contributed by atoms with Gasteiger partial charge in [-0.15, -0.1) is 12.4 Å². The number of halogens is 2. The predicted octanol–water partition coefficient (Wildman–Crippen LogP) is 2.43. The summed E-state index contributed by atoms with van der Waals surface area (Å²) in [5.41, 5.74) is 7.66. The van der Waals surface area contributed by atoms with Crippen molar-refractivity contribution >= 4 is 39.5 Å². The Labute approximate surface area is 159 Å². The average molecular weight is 401 g/mol. The van der Waals surface area contributed by atoms with E-state index in [9.17, 15) is 12.8 Å². The monoisotopic (exact) mass is 400 g/mol. The van der Waals surface area contributed by atoms with Crippen molar-refractivity contribution in [1.29, 1.82) is 0 Å². The molecule has 0 bridgehead atoms. The lowest BCUT2D eigenvalue weighted by molar-refractivity contribution is 0.601. The molecule has 2 aromatic rings. The molecular weight excluding hydrogens is 379 g/mol. The van der Waals surface area contributed by atoms with E-state index >= 15 is 0 Å². The van der Waals surface area contributed by atoms with E-state index in [1.54, 1.807) is 6.07 Å². The fourth-order valence-corrected chi connectivity index (χ4v) is 3.90. The lowest BCUT2D eigenvalue weighted by Crippen LogP contribution is -2.28. The number of rotatable bonds is 4. The van der Waals surface area contributed by atoms with Crippen molar-refractivity contribution in [1.82, 2.24) is 5.32 Å². The van der Waals surface area contributed by atoms with Crippen molar-refractivity contribution in [3.05, 3.63) is 48.3 Å². The van der Waals surface area contributed by atoms with Gasteiger partial charge in [0, 0.05) is 25.3 Å². The van der Waals surface area contributed by atoms with Crippen LogP contribution in [0, 0.1) is 5.82 Å². The molecule has 1 saturated heterocycles. The first-order valence-corrected chi connectivity index (χ1v) is 9.57. The molecule has 4 N–H and O–H groups in total. The average Bonchev–Trinajstić information content (AvgIpc) is 2.86. The number of nitrogen functional groups attached to an aromatic ring is 1. The van der Waals surface area contributed by atoms with Crippen LogP contribution in [-0.2, 0) is 10.0 Å². The van der Waals surface area contributed by atoms with Crippen molar-refractivity contribution in [3.8, 4) is 0 Å². The van der Waals surface area contributed by atoms with E-state index < -0.39 is 15.8 Å². The third kappa shape index (κ3) is 4.78. The van der Waals surface area contributed by atoms with Gasteiger partial charge in [0.2, 0.25) is 0 Å². The second-order valence-electron chi connectivity index (χ2n) is 5.92. The lowest BCUT2D eigenvalue weighted by Gasteiger charge is -2.24. The van der Waals surface area contributed by atoms with Crippen molar-refractivity contribution in [3.63, 3.8) is 0 Å². The van der Waals surface area contributed by atoms with Gasteiger partial charge in [0.05, 0.1) is 16.3 Å². The van der Waals surface area contributed by atoms with Crippen molar-refractivity contribution in [2.75, 3.05) is 41.5 Å². The minimum atomic E-state index is -3.79. The number of hydrogen-bond donors (Lipinski definition) is 3. The molecule has 0 unspecified atom stereocenters. The summed E-state index contributed by atoms with van der Waals surface area (Å²) in [5, 5.41) is 3.32. The van der Waals surface area contributed by atoms with E-state index in [1.807, 2.05) is 0 Å². The van der Waals surface area contributed by atoms with Gasteiger partial charge in [0.25, 0.3) is 10.0 Å². The fraction of sp³-hybridized carbons (Fsp3) is 0.294. The normalized spacial score (nSPS) is 15.0. The summed E-state index contributed by atoms with van der Waals surface area (Å²) in [5.74, 6) is -0.427. The van der Waals surface area contributed by atoms with Crippen LogP contribution in [0.3, 0.4) is 0 Å². The van der Waals surface area contributed by atoms with Crippen molar-refractivity contribution < 1.29 is 12.8 Å². The molecule has 2 aromatic carbocycles. The number of hydrogen-bond acceptors (Lipinski definition) is 5. The van der Waals surface area contributed by atoms with Crippen LogP contribution in [0.1, 0.15) is 6.42 Å². The molecule has 26 heavy (non-hydrogen) atoms. The van der Waals surface area contributed by atoms with Gasteiger partial charge in [-0.2, -0.15) is 0 Å². The molecule has 1 aliphatic rings. The molecule has 1 fully saturated rings. The molecular formula is C17H22ClFN4O2S. The number of benzene rings is 2.